The first-order chi connectivity index (χ1) is 6.57. The summed E-state index contributed by atoms with van der Waals surface area (Å²) in [6.07, 6.45) is 0. The van der Waals surface area contributed by atoms with Gasteiger partial charge in [-0.15, -0.1) is 0 Å². The van der Waals surface area contributed by atoms with Gasteiger partial charge in [-0.1, -0.05) is 0 Å². The number of ether oxygens (including phenoxy) is 1. The molecule has 0 radical (unpaired) electrons. The zero-order chi connectivity index (χ0) is 10.7. The van der Waals surface area contributed by atoms with E-state index < -0.39 is 35.4 Å². The van der Waals surface area contributed by atoms with Crippen LogP contribution < -0.4 is 0 Å². The Hall–Kier alpha value is -1.59. The summed E-state index contributed by atoms with van der Waals surface area (Å²) in [5.74, 6) is -6.91. The summed E-state index contributed by atoms with van der Waals surface area (Å²) in [5.41, 5.74) is -0.562. The minimum atomic E-state index is -1.92. The second-order valence-electron chi connectivity index (χ2n) is 2.37. The van der Waals surface area contributed by atoms with Gasteiger partial charge in [0, 0.05) is 5.56 Å². The van der Waals surface area contributed by atoms with Crippen molar-refractivity contribution < 1.29 is 27.1 Å². The average molecular weight is 208 g/mol. The molecule has 0 spiro atoms. The van der Waals surface area contributed by atoms with E-state index in [0.29, 0.717) is 6.07 Å². The van der Waals surface area contributed by atoms with Crippen LogP contribution in [0.15, 0.2) is 6.07 Å². The molecule has 0 bridgehead atoms. The van der Waals surface area contributed by atoms with Gasteiger partial charge in [0.1, 0.15) is 6.61 Å². The highest BCUT2D eigenvalue weighted by atomic mass is 19.2. The van der Waals surface area contributed by atoms with Gasteiger partial charge in [0.2, 0.25) is 0 Å². The number of carbonyl (C=O) groups excluding carboxylic acids is 1. The van der Waals surface area contributed by atoms with Gasteiger partial charge in [-0.2, -0.15) is 0 Å². The Morgan fingerprint density at radius 1 is 1.14 bits per heavy atom. The predicted octanol–water partition coefficient (Wildman–Crippen LogP) is 1.92. The highest BCUT2D eigenvalue weighted by molar-refractivity contribution is 5.37. The maximum atomic E-state index is 12.8. The van der Waals surface area contributed by atoms with E-state index in [2.05, 4.69) is 4.74 Å². The van der Waals surface area contributed by atoms with Crippen molar-refractivity contribution in [1.82, 2.24) is 0 Å². The van der Waals surface area contributed by atoms with Crippen molar-refractivity contribution in [1.29, 1.82) is 0 Å². The van der Waals surface area contributed by atoms with E-state index in [1.807, 2.05) is 0 Å². The van der Waals surface area contributed by atoms with Crippen LogP contribution in [0, 0.1) is 23.3 Å². The molecule has 6 heteroatoms. The van der Waals surface area contributed by atoms with E-state index in [4.69, 9.17) is 0 Å². The number of halogens is 4. The maximum absolute atomic E-state index is 12.8. The third-order valence-corrected chi connectivity index (χ3v) is 1.48. The van der Waals surface area contributed by atoms with Crippen molar-refractivity contribution in [2.24, 2.45) is 0 Å². The quantitative estimate of drug-likeness (QED) is 0.328. The SMILES string of the molecule is O=COCc1cc(F)c(F)c(F)c1F. The summed E-state index contributed by atoms with van der Waals surface area (Å²) in [5, 5.41) is 0. The minimum Gasteiger partial charge on any atom is -0.463 e. The lowest BCUT2D eigenvalue weighted by Gasteiger charge is -2.03. The van der Waals surface area contributed by atoms with Crippen molar-refractivity contribution >= 4 is 6.47 Å². The van der Waals surface area contributed by atoms with E-state index in [9.17, 15) is 22.4 Å². The van der Waals surface area contributed by atoms with Crippen LogP contribution in [0.5, 0.6) is 0 Å². The summed E-state index contributed by atoms with van der Waals surface area (Å²) < 4.78 is 54.3. The molecule has 0 N–H and O–H groups in total. The molecular formula is C8H4F4O2. The molecule has 0 aliphatic carbocycles. The monoisotopic (exact) mass is 208 g/mol. The lowest BCUT2D eigenvalue weighted by Crippen LogP contribution is -2.02. The first kappa shape index (κ1) is 10.5. The Bertz CT molecular complexity index is 365. The summed E-state index contributed by atoms with van der Waals surface area (Å²) in [4.78, 5) is 9.72. The molecule has 76 valence electrons. The molecule has 0 aliphatic heterocycles. The van der Waals surface area contributed by atoms with Crippen LogP contribution in [0.3, 0.4) is 0 Å². The van der Waals surface area contributed by atoms with Crippen LogP contribution in [-0.4, -0.2) is 6.47 Å². The smallest absolute Gasteiger partial charge is 0.293 e. The van der Waals surface area contributed by atoms with Gasteiger partial charge in [-0.3, -0.25) is 4.79 Å². The molecule has 0 saturated carbocycles. The summed E-state index contributed by atoms with van der Waals surface area (Å²) in [6, 6.07) is 0.428. The van der Waals surface area contributed by atoms with Crippen LogP contribution in [0.1, 0.15) is 5.56 Å². The molecule has 1 aromatic carbocycles. The van der Waals surface area contributed by atoms with Gasteiger partial charge in [0.05, 0.1) is 0 Å². The van der Waals surface area contributed by atoms with Gasteiger partial charge < -0.3 is 4.74 Å². The van der Waals surface area contributed by atoms with Crippen molar-refractivity contribution in [3.8, 4) is 0 Å². The number of rotatable bonds is 3. The third-order valence-electron chi connectivity index (χ3n) is 1.48. The second kappa shape index (κ2) is 4.08. The maximum Gasteiger partial charge on any atom is 0.293 e. The summed E-state index contributed by atoms with van der Waals surface area (Å²) in [7, 11) is 0. The van der Waals surface area contributed by atoms with E-state index in [0.717, 1.165) is 0 Å². The Balaban J connectivity index is 3.12. The molecule has 2 nitrogen and oxygen atoms in total. The van der Waals surface area contributed by atoms with E-state index in [-0.39, 0.29) is 6.47 Å². The zero-order valence-electron chi connectivity index (χ0n) is 6.69. The standard InChI is InChI=1S/C8H4F4O2/c9-5-1-4(2-14-3-13)6(10)8(12)7(5)11/h1,3H,2H2. The van der Waals surface area contributed by atoms with Gasteiger partial charge in [0.25, 0.3) is 6.47 Å². The van der Waals surface area contributed by atoms with Crippen LogP contribution in [0.4, 0.5) is 17.6 Å². The molecule has 1 aromatic rings. The highest BCUT2D eigenvalue weighted by Gasteiger charge is 2.18. The number of hydrogen-bond donors (Lipinski definition) is 0. The van der Waals surface area contributed by atoms with Crippen LogP contribution in [0.25, 0.3) is 0 Å². The van der Waals surface area contributed by atoms with E-state index >= 15 is 0 Å². The van der Waals surface area contributed by atoms with E-state index in [1.54, 1.807) is 0 Å². The molecule has 1 rings (SSSR count). The van der Waals surface area contributed by atoms with Gasteiger partial charge in [-0.05, 0) is 6.07 Å². The summed E-state index contributed by atoms with van der Waals surface area (Å²) >= 11 is 0. The molecule has 0 heterocycles. The Morgan fingerprint density at radius 3 is 2.36 bits per heavy atom. The van der Waals surface area contributed by atoms with Gasteiger partial charge >= 0.3 is 0 Å². The minimum absolute atomic E-state index is 0.0153. The average Bonchev–Trinajstić information content (AvgIpc) is 2.18. The molecule has 0 aromatic heterocycles. The molecule has 0 saturated heterocycles. The molecule has 0 atom stereocenters. The first-order valence-electron chi connectivity index (χ1n) is 3.45. The molecule has 0 fully saturated rings. The van der Waals surface area contributed by atoms with Crippen molar-refractivity contribution in [2.45, 2.75) is 6.61 Å². The number of benzene rings is 1. The topological polar surface area (TPSA) is 26.3 Å². The van der Waals surface area contributed by atoms with Gasteiger partial charge in [-0.25, -0.2) is 17.6 Å². The molecular weight excluding hydrogens is 204 g/mol. The van der Waals surface area contributed by atoms with E-state index in [1.165, 1.54) is 0 Å². The largest absolute Gasteiger partial charge is 0.463 e. The Kier molecular flexibility index (Phi) is 3.06. The first-order valence-corrected chi connectivity index (χ1v) is 3.45. The normalized spacial score (nSPS) is 10.0. The number of carbonyl (C=O) groups is 1. The molecule has 0 amide bonds. The van der Waals surface area contributed by atoms with Crippen molar-refractivity contribution in [2.75, 3.05) is 0 Å². The van der Waals surface area contributed by atoms with Crippen LogP contribution in [0.2, 0.25) is 0 Å². The second-order valence-corrected chi connectivity index (χ2v) is 2.37. The predicted molar refractivity (Wildman–Crippen MR) is 37.1 cm³/mol. The fraction of sp³-hybridized carbons (Fsp3) is 0.125. The van der Waals surface area contributed by atoms with Crippen molar-refractivity contribution in [3.63, 3.8) is 0 Å². The Labute approximate surface area is 76.1 Å². The third kappa shape index (κ3) is 1.84. The lowest BCUT2D eigenvalue weighted by atomic mass is 10.2. The fourth-order valence-electron chi connectivity index (χ4n) is 0.851. The molecule has 14 heavy (non-hydrogen) atoms. The van der Waals surface area contributed by atoms with Crippen LogP contribution in [-0.2, 0) is 16.1 Å². The molecule has 0 aliphatic rings. The molecule has 0 unspecified atom stereocenters. The fourth-order valence-corrected chi connectivity index (χ4v) is 0.851. The van der Waals surface area contributed by atoms with Gasteiger partial charge in [0.15, 0.2) is 23.3 Å². The Morgan fingerprint density at radius 2 is 1.79 bits per heavy atom. The van der Waals surface area contributed by atoms with Crippen molar-refractivity contribution in [3.05, 3.63) is 34.9 Å². The summed E-state index contributed by atoms with van der Waals surface area (Å²) in [6.45, 7) is -0.665. The van der Waals surface area contributed by atoms with Crippen LogP contribution >= 0.6 is 0 Å². The highest BCUT2D eigenvalue weighted by Crippen LogP contribution is 2.18. The lowest BCUT2D eigenvalue weighted by molar-refractivity contribution is -0.129. The zero-order valence-corrected chi connectivity index (χ0v) is 6.69. The number of hydrogen-bond acceptors (Lipinski definition) is 2.